The number of rotatable bonds is 7. The monoisotopic (exact) mass is 490 g/mol. The molecule has 3 heteroatoms. The van der Waals surface area contributed by atoms with Crippen molar-refractivity contribution in [1.82, 2.24) is 9.88 Å². The molecule has 2 fully saturated rings. The molecule has 3 aromatic carbocycles. The minimum Gasteiger partial charge on any atom is -0.281 e. The fourth-order valence-electron chi connectivity index (χ4n) is 6.41. The van der Waals surface area contributed by atoms with Crippen molar-refractivity contribution < 1.29 is 0 Å². The fourth-order valence-corrected chi connectivity index (χ4v) is 8.96. The largest absolute Gasteiger partial charge is 0.281 e. The van der Waals surface area contributed by atoms with Gasteiger partial charge in [-0.3, -0.25) is 9.88 Å². The molecule has 1 aliphatic heterocycles. The van der Waals surface area contributed by atoms with Gasteiger partial charge in [-0.05, 0) is 67.2 Å². The first-order chi connectivity index (χ1) is 17.8. The van der Waals surface area contributed by atoms with Gasteiger partial charge in [0.25, 0.3) is 0 Å². The molecule has 1 saturated heterocycles. The minimum absolute atomic E-state index is 0.345. The minimum atomic E-state index is -0.636. The van der Waals surface area contributed by atoms with Gasteiger partial charge in [-0.1, -0.05) is 110 Å². The SMILES string of the molecule is CC(c1ccccc1P(c1ccccc1)c1ccccc1)N1C(c2ccccn2)C1C1CCCCC1. The Kier molecular flexibility index (Phi) is 6.99. The molecule has 4 unspecified atom stereocenters. The van der Waals surface area contributed by atoms with E-state index in [1.807, 2.05) is 12.3 Å². The van der Waals surface area contributed by atoms with Crippen molar-refractivity contribution >= 4 is 23.8 Å². The normalized spacial score (nSPS) is 22.9. The zero-order chi connectivity index (χ0) is 24.3. The Labute approximate surface area is 217 Å². The van der Waals surface area contributed by atoms with Crippen molar-refractivity contribution in [3.05, 3.63) is 121 Å². The molecule has 2 aliphatic rings. The van der Waals surface area contributed by atoms with Crippen molar-refractivity contribution in [1.29, 1.82) is 0 Å². The van der Waals surface area contributed by atoms with Gasteiger partial charge in [0.2, 0.25) is 0 Å². The number of pyridine rings is 1. The summed E-state index contributed by atoms with van der Waals surface area (Å²) in [6.45, 7) is 2.43. The average Bonchev–Trinajstić information content (AvgIpc) is 3.71. The standard InChI is InChI=1S/C33H35N2P/c1-25(35-32(26-15-5-2-6-16-26)33(35)30-22-13-14-24-34-30)29-21-11-12-23-31(29)36(27-17-7-3-8-18-27)28-19-9-4-10-20-28/h3-4,7-14,17-26,32-33H,2,5-6,15-16H2,1H3. The lowest BCUT2D eigenvalue weighted by Gasteiger charge is -2.27. The van der Waals surface area contributed by atoms with Crippen LogP contribution in [0.25, 0.3) is 0 Å². The van der Waals surface area contributed by atoms with Crippen LogP contribution in [0.15, 0.2) is 109 Å². The van der Waals surface area contributed by atoms with Crippen molar-refractivity contribution in [3.8, 4) is 0 Å². The maximum absolute atomic E-state index is 4.83. The highest BCUT2D eigenvalue weighted by molar-refractivity contribution is 7.79. The fraction of sp³-hybridized carbons (Fsp3) is 0.303. The van der Waals surface area contributed by atoms with Gasteiger partial charge < -0.3 is 0 Å². The van der Waals surface area contributed by atoms with Crippen molar-refractivity contribution in [2.24, 2.45) is 5.92 Å². The molecule has 6 rings (SSSR count). The molecule has 0 N–H and O–H groups in total. The summed E-state index contributed by atoms with van der Waals surface area (Å²) in [6.07, 6.45) is 8.84. The lowest BCUT2D eigenvalue weighted by Crippen LogP contribution is -2.26. The van der Waals surface area contributed by atoms with Crippen LogP contribution in [0, 0.1) is 5.92 Å². The molecule has 182 valence electrons. The third kappa shape index (κ3) is 4.65. The van der Waals surface area contributed by atoms with Gasteiger partial charge >= 0.3 is 0 Å². The number of hydrogen-bond acceptors (Lipinski definition) is 2. The first-order valence-corrected chi connectivity index (χ1v) is 14.8. The maximum Gasteiger partial charge on any atom is 0.0689 e. The molecule has 2 heterocycles. The Bertz CT molecular complexity index is 1220. The molecular formula is C33H35N2P. The lowest BCUT2D eigenvalue weighted by molar-refractivity contribution is 0.286. The van der Waals surface area contributed by atoms with E-state index in [4.69, 9.17) is 4.98 Å². The Balaban J connectivity index is 1.40. The van der Waals surface area contributed by atoms with Crippen molar-refractivity contribution in [2.75, 3.05) is 0 Å². The predicted octanol–water partition coefficient (Wildman–Crippen LogP) is 6.91. The zero-order valence-electron chi connectivity index (χ0n) is 21.1. The van der Waals surface area contributed by atoms with Gasteiger partial charge in [-0.15, -0.1) is 0 Å². The van der Waals surface area contributed by atoms with Crippen molar-refractivity contribution in [3.63, 3.8) is 0 Å². The summed E-state index contributed by atoms with van der Waals surface area (Å²) in [5.41, 5.74) is 2.71. The van der Waals surface area contributed by atoms with E-state index < -0.39 is 7.92 Å². The number of benzene rings is 3. The lowest BCUT2D eigenvalue weighted by atomic mass is 9.85. The third-order valence-corrected chi connectivity index (χ3v) is 10.6. The molecule has 0 spiro atoms. The molecule has 1 aromatic heterocycles. The van der Waals surface area contributed by atoms with Crippen LogP contribution < -0.4 is 15.9 Å². The van der Waals surface area contributed by atoms with Crippen LogP contribution >= 0.6 is 7.92 Å². The molecule has 0 bridgehead atoms. The third-order valence-electron chi connectivity index (χ3n) is 8.13. The summed E-state index contributed by atoms with van der Waals surface area (Å²) in [5.74, 6) is 0.783. The van der Waals surface area contributed by atoms with Gasteiger partial charge in [0, 0.05) is 18.3 Å². The molecule has 36 heavy (non-hydrogen) atoms. The molecule has 1 aliphatic carbocycles. The molecule has 2 nitrogen and oxygen atoms in total. The van der Waals surface area contributed by atoms with E-state index >= 15 is 0 Å². The van der Waals surface area contributed by atoms with Crippen LogP contribution in [0.3, 0.4) is 0 Å². The van der Waals surface area contributed by atoms with Gasteiger partial charge in [-0.2, -0.15) is 0 Å². The van der Waals surface area contributed by atoms with Crippen molar-refractivity contribution in [2.45, 2.75) is 57.2 Å². The number of nitrogens with zero attached hydrogens (tertiary/aromatic N) is 2. The first kappa shape index (κ1) is 23.6. The van der Waals surface area contributed by atoms with Gasteiger partial charge in [-0.25, -0.2) is 0 Å². The number of aromatic nitrogens is 1. The van der Waals surface area contributed by atoms with E-state index in [1.165, 1.54) is 59.3 Å². The van der Waals surface area contributed by atoms with E-state index in [0.717, 1.165) is 5.92 Å². The van der Waals surface area contributed by atoms with E-state index in [-0.39, 0.29) is 0 Å². The second-order valence-electron chi connectivity index (χ2n) is 10.3. The van der Waals surface area contributed by atoms with E-state index in [0.29, 0.717) is 18.1 Å². The average molecular weight is 491 g/mol. The second kappa shape index (κ2) is 10.7. The van der Waals surface area contributed by atoms with Gasteiger partial charge in [0.05, 0.1) is 11.7 Å². The maximum atomic E-state index is 4.83. The van der Waals surface area contributed by atoms with Crippen LogP contribution in [-0.4, -0.2) is 15.9 Å². The number of hydrogen-bond donors (Lipinski definition) is 0. The zero-order valence-corrected chi connectivity index (χ0v) is 22.0. The summed E-state index contributed by atoms with van der Waals surface area (Å²) in [6, 6.07) is 39.2. The van der Waals surface area contributed by atoms with Gasteiger partial charge in [0.15, 0.2) is 0 Å². The van der Waals surface area contributed by atoms with Crippen LogP contribution in [0.2, 0.25) is 0 Å². The summed E-state index contributed by atoms with van der Waals surface area (Å²) >= 11 is 0. The van der Waals surface area contributed by atoms with Crippen LogP contribution in [0.1, 0.15) is 62.4 Å². The Morgan fingerprint density at radius 1 is 0.722 bits per heavy atom. The highest BCUT2D eigenvalue weighted by atomic mass is 31.1. The van der Waals surface area contributed by atoms with E-state index in [9.17, 15) is 0 Å². The predicted molar refractivity (Wildman–Crippen MR) is 153 cm³/mol. The molecule has 4 atom stereocenters. The summed E-state index contributed by atoms with van der Waals surface area (Å²) in [5, 5.41) is 4.30. The van der Waals surface area contributed by atoms with Crippen LogP contribution in [0.5, 0.6) is 0 Å². The molecule has 4 aromatic rings. The summed E-state index contributed by atoms with van der Waals surface area (Å²) in [7, 11) is -0.636. The highest BCUT2D eigenvalue weighted by Crippen LogP contribution is 2.55. The molecule has 0 amide bonds. The topological polar surface area (TPSA) is 15.9 Å². The summed E-state index contributed by atoms with van der Waals surface area (Å²) in [4.78, 5) is 7.61. The highest BCUT2D eigenvalue weighted by Gasteiger charge is 2.55. The van der Waals surface area contributed by atoms with E-state index in [2.05, 4.69) is 109 Å². The Morgan fingerprint density at radius 3 is 1.97 bits per heavy atom. The quantitative estimate of drug-likeness (QED) is 0.207. The summed E-state index contributed by atoms with van der Waals surface area (Å²) < 4.78 is 0. The van der Waals surface area contributed by atoms with Crippen LogP contribution in [-0.2, 0) is 0 Å². The second-order valence-corrected chi connectivity index (χ2v) is 12.5. The van der Waals surface area contributed by atoms with Crippen LogP contribution in [0.4, 0.5) is 0 Å². The van der Waals surface area contributed by atoms with E-state index in [1.54, 1.807) is 0 Å². The smallest absolute Gasteiger partial charge is 0.0689 e. The molecule has 1 saturated carbocycles. The van der Waals surface area contributed by atoms with Gasteiger partial charge in [0.1, 0.15) is 0 Å². The first-order valence-electron chi connectivity index (χ1n) is 13.5. The Hall–Kier alpha value is -2.80. The molecule has 0 radical (unpaired) electrons. The Morgan fingerprint density at radius 2 is 1.33 bits per heavy atom. The molecular weight excluding hydrogens is 455 g/mol.